The fourth-order valence-electron chi connectivity index (χ4n) is 4.43. The van der Waals surface area contributed by atoms with Gasteiger partial charge >= 0.3 is 5.97 Å². The Morgan fingerprint density at radius 1 is 1.13 bits per heavy atom. The minimum Gasteiger partial charge on any atom is -0.481 e. The molecule has 1 aliphatic carbocycles. The highest BCUT2D eigenvalue weighted by molar-refractivity contribution is 6.72. The molecule has 30 heavy (non-hydrogen) atoms. The zero-order chi connectivity index (χ0) is 22.6. The quantitative estimate of drug-likeness (QED) is 0.155. The van der Waals surface area contributed by atoms with Crippen molar-refractivity contribution >= 4 is 14.3 Å². The van der Waals surface area contributed by atoms with Crippen LogP contribution >= 0.6 is 0 Å². The van der Waals surface area contributed by atoms with E-state index in [1.165, 1.54) is 25.7 Å². The van der Waals surface area contributed by atoms with Gasteiger partial charge in [0.15, 0.2) is 8.32 Å². The van der Waals surface area contributed by atoms with Gasteiger partial charge in [-0.1, -0.05) is 52.2 Å². The number of hydrogen-bond donors (Lipinski definition) is 2. The molecule has 0 radical (unpaired) electrons. The normalized spacial score (nSPS) is 23.5. The Morgan fingerprint density at radius 3 is 2.50 bits per heavy atom. The van der Waals surface area contributed by atoms with Gasteiger partial charge < -0.3 is 14.6 Å². The molecule has 0 amide bonds. The van der Waals surface area contributed by atoms with Crippen LogP contribution in [0.2, 0.25) is 18.6 Å². The Balaban J connectivity index is 2.55. The zero-order valence-corrected chi connectivity index (χ0v) is 21.2. The van der Waals surface area contributed by atoms with Gasteiger partial charge in [-0.05, 0) is 81.8 Å². The molecule has 0 spiro atoms. The Hall–Kier alpha value is -0.653. The molecule has 2 N–H and O–H groups in total. The second-order valence-electron chi connectivity index (χ2n) is 10.1. The summed E-state index contributed by atoms with van der Waals surface area (Å²) >= 11 is 0. The molecule has 0 aromatic rings. The van der Waals surface area contributed by atoms with Crippen LogP contribution < -0.4 is 0 Å². The van der Waals surface area contributed by atoms with Crippen LogP contribution in [0, 0.1) is 11.8 Å². The minimum absolute atomic E-state index is 0.195. The van der Waals surface area contributed by atoms with Gasteiger partial charge in [-0.2, -0.15) is 0 Å². The van der Waals surface area contributed by atoms with Gasteiger partial charge in [-0.3, -0.25) is 4.79 Å². The molecule has 0 saturated heterocycles. The predicted molar refractivity (Wildman–Crippen MR) is 128 cm³/mol. The number of unbranched alkanes of at least 4 members (excludes halogenated alkanes) is 3. The first kappa shape index (κ1) is 27.4. The number of aliphatic hydroxyl groups excluding tert-OH is 1. The molecule has 0 aromatic heterocycles. The number of allylic oxidation sites excluding steroid dienone is 2. The van der Waals surface area contributed by atoms with Gasteiger partial charge in [-0.15, -0.1) is 0 Å². The van der Waals surface area contributed by atoms with Crippen molar-refractivity contribution in [3.8, 4) is 0 Å². The number of carboxylic acid groups (broad SMARTS) is 1. The standard InChI is InChI=1S/C25H48O4Si/c1-6-7-10-13-22(29-30(4,5)20(2)3)18-16-21-17-19-24(26)23(21)14-11-8-9-12-15-25(27)28/h8,11,20-24,26H,6-7,9-10,12-19H2,1-5H3,(H,27,28)/b11-8-/t21?,22?,23?,24-/m1/s1. The number of aliphatic carboxylic acids is 1. The molecule has 0 aromatic carbocycles. The Morgan fingerprint density at radius 2 is 1.87 bits per heavy atom. The Bertz CT molecular complexity index is 503. The summed E-state index contributed by atoms with van der Waals surface area (Å²) in [6, 6.07) is 0. The highest BCUT2D eigenvalue weighted by Crippen LogP contribution is 2.39. The Labute approximate surface area is 186 Å². The molecule has 1 saturated carbocycles. The number of rotatable bonds is 16. The van der Waals surface area contributed by atoms with Crippen LogP contribution in [0.15, 0.2) is 12.2 Å². The van der Waals surface area contributed by atoms with E-state index in [-0.39, 0.29) is 12.5 Å². The van der Waals surface area contributed by atoms with Crippen molar-refractivity contribution in [1.82, 2.24) is 0 Å². The van der Waals surface area contributed by atoms with E-state index in [0.717, 1.165) is 38.5 Å². The van der Waals surface area contributed by atoms with Crippen molar-refractivity contribution in [2.75, 3.05) is 0 Å². The minimum atomic E-state index is -1.66. The molecule has 1 aliphatic rings. The number of carboxylic acids is 1. The number of hydrogen-bond acceptors (Lipinski definition) is 3. The summed E-state index contributed by atoms with van der Waals surface area (Å²) in [5, 5.41) is 19.2. The molecule has 176 valence electrons. The van der Waals surface area contributed by atoms with Crippen molar-refractivity contribution in [1.29, 1.82) is 0 Å². The van der Waals surface area contributed by atoms with Crippen molar-refractivity contribution < 1.29 is 19.4 Å². The monoisotopic (exact) mass is 440 g/mol. The molecule has 4 nitrogen and oxygen atoms in total. The molecule has 0 bridgehead atoms. The van der Waals surface area contributed by atoms with E-state index >= 15 is 0 Å². The van der Waals surface area contributed by atoms with E-state index in [0.29, 0.717) is 29.9 Å². The van der Waals surface area contributed by atoms with E-state index in [1.807, 2.05) is 0 Å². The van der Waals surface area contributed by atoms with Gasteiger partial charge in [0.2, 0.25) is 0 Å². The van der Waals surface area contributed by atoms with Gasteiger partial charge in [0, 0.05) is 12.5 Å². The number of aliphatic hydroxyl groups is 1. The van der Waals surface area contributed by atoms with E-state index in [9.17, 15) is 9.90 Å². The molecule has 3 unspecified atom stereocenters. The van der Waals surface area contributed by atoms with E-state index < -0.39 is 14.3 Å². The topological polar surface area (TPSA) is 66.8 Å². The summed E-state index contributed by atoms with van der Waals surface area (Å²) in [6.07, 6.45) is 16.3. The van der Waals surface area contributed by atoms with E-state index in [2.05, 4.69) is 46.0 Å². The summed E-state index contributed by atoms with van der Waals surface area (Å²) in [7, 11) is -1.66. The first-order chi connectivity index (χ1) is 14.2. The SMILES string of the molecule is CCCCCC(CCC1CC[C@@H](O)C1C/C=C\CCCC(=O)O)O[Si](C)(C)C(C)C. The fraction of sp³-hybridized carbons (Fsp3) is 0.880. The maximum Gasteiger partial charge on any atom is 0.303 e. The second-order valence-corrected chi connectivity index (χ2v) is 14.7. The lowest BCUT2D eigenvalue weighted by Gasteiger charge is -2.33. The summed E-state index contributed by atoms with van der Waals surface area (Å²) in [5.74, 6) is 0.186. The fourth-order valence-corrected chi connectivity index (χ4v) is 5.79. The Kier molecular flexibility index (Phi) is 13.2. The number of carbonyl (C=O) groups is 1. The largest absolute Gasteiger partial charge is 0.481 e. The smallest absolute Gasteiger partial charge is 0.303 e. The van der Waals surface area contributed by atoms with Crippen molar-refractivity contribution in [3.63, 3.8) is 0 Å². The van der Waals surface area contributed by atoms with Crippen LogP contribution in [-0.2, 0) is 9.22 Å². The van der Waals surface area contributed by atoms with Gasteiger partial charge in [0.1, 0.15) is 0 Å². The summed E-state index contributed by atoms with van der Waals surface area (Å²) in [4.78, 5) is 10.6. The molecule has 1 rings (SSSR count). The zero-order valence-electron chi connectivity index (χ0n) is 20.2. The molecule has 0 aliphatic heterocycles. The lowest BCUT2D eigenvalue weighted by molar-refractivity contribution is -0.137. The first-order valence-corrected chi connectivity index (χ1v) is 15.4. The molecule has 0 heterocycles. The second kappa shape index (κ2) is 14.4. The van der Waals surface area contributed by atoms with Crippen LogP contribution in [0.3, 0.4) is 0 Å². The summed E-state index contributed by atoms with van der Waals surface area (Å²) in [6.45, 7) is 11.5. The van der Waals surface area contributed by atoms with Crippen LogP contribution in [0.25, 0.3) is 0 Å². The van der Waals surface area contributed by atoms with Crippen molar-refractivity contribution in [3.05, 3.63) is 12.2 Å². The molecular weight excluding hydrogens is 392 g/mol. The molecule has 5 heteroatoms. The molecule has 1 fully saturated rings. The van der Waals surface area contributed by atoms with Crippen molar-refractivity contribution in [2.45, 2.75) is 129 Å². The van der Waals surface area contributed by atoms with Crippen LogP contribution in [0.5, 0.6) is 0 Å². The molecular formula is C25H48O4Si. The van der Waals surface area contributed by atoms with Gasteiger partial charge in [0.05, 0.1) is 6.10 Å². The summed E-state index contributed by atoms with van der Waals surface area (Å²) in [5.41, 5.74) is 0.624. The van der Waals surface area contributed by atoms with Gasteiger partial charge in [-0.25, -0.2) is 0 Å². The first-order valence-electron chi connectivity index (χ1n) is 12.4. The maximum atomic E-state index is 10.6. The van der Waals surface area contributed by atoms with Gasteiger partial charge in [0.25, 0.3) is 0 Å². The average molecular weight is 441 g/mol. The third-order valence-electron chi connectivity index (χ3n) is 7.12. The lowest BCUT2D eigenvalue weighted by Crippen LogP contribution is -2.38. The van der Waals surface area contributed by atoms with E-state index in [1.54, 1.807) is 0 Å². The van der Waals surface area contributed by atoms with Crippen molar-refractivity contribution in [2.24, 2.45) is 11.8 Å². The lowest BCUT2D eigenvalue weighted by atomic mass is 9.86. The van der Waals surface area contributed by atoms with Crippen LogP contribution in [-0.4, -0.2) is 36.7 Å². The van der Waals surface area contributed by atoms with Crippen LogP contribution in [0.4, 0.5) is 0 Å². The van der Waals surface area contributed by atoms with Crippen LogP contribution in [0.1, 0.15) is 97.8 Å². The highest BCUT2D eigenvalue weighted by Gasteiger charge is 2.35. The predicted octanol–water partition coefficient (Wildman–Crippen LogP) is 6.94. The molecule has 4 atom stereocenters. The van der Waals surface area contributed by atoms with E-state index in [4.69, 9.17) is 9.53 Å². The summed E-state index contributed by atoms with van der Waals surface area (Å²) < 4.78 is 6.73. The average Bonchev–Trinajstić information content (AvgIpc) is 3.01. The third kappa shape index (κ3) is 10.6. The third-order valence-corrected chi connectivity index (χ3v) is 10.8. The highest BCUT2D eigenvalue weighted by atomic mass is 28.4. The maximum absolute atomic E-state index is 10.6.